The van der Waals surface area contributed by atoms with Crippen LogP contribution in [0.4, 0.5) is 4.79 Å². The highest BCUT2D eigenvalue weighted by atomic mass is 16.7. The summed E-state index contributed by atoms with van der Waals surface area (Å²) < 4.78 is 29.1. The van der Waals surface area contributed by atoms with Crippen molar-refractivity contribution in [2.45, 2.75) is 83.5 Å². The second-order valence-corrected chi connectivity index (χ2v) is 12.3. The van der Waals surface area contributed by atoms with Gasteiger partial charge in [-0.3, -0.25) is 9.79 Å². The van der Waals surface area contributed by atoms with Gasteiger partial charge in [-0.1, -0.05) is 38.1 Å². The third kappa shape index (κ3) is 5.32. The first-order valence-corrected chi connectivity index (χ1v) is 14.0. The van der Waals surface area contributed by atoms with Crippen LogP contribution in [0, 0.1) is 5.92 Å². The van der Waals surface area contributed by atoms with Crippen LogP contribution in [-0.2, 0) is 28.3 Å². The SMILES string of the molecule is COC(=O)N[C@H](C(=O)N1CC2(C[C@H]1C1=NC=C(c3ccc(B4OC(C)(C)C(C)(C)O4)cc3)C1)OCCO2)C(C)C. The number of ether oxygens (including phenoxy) is 3. The molecule has 0 bridgehead atoms. The highest BCUT2D eigenvalue weighted by molar-refractivity contribution is 6.62. The molecule has 0 saturated carbocycles. The second-order valence-electron chi connectivity index (χ2n) is 12.3. The lowest BCUT2D eigenvalue weighted by molar-refractivity contribution is -0.153. The van der Waals surface area contributed by atoms with Gasteiger partial charge in [0.15, 0.2) is 5.79 Å². The second kappa shape index (κ2) is 10.6. The number of methoxy groups -OCH3 is 1. The first-order valence-electron chi connectivity index (χ1n) is 14.0. The Morgan fingerprint density at radius 2 is 1.70 bits per heavy atom. The first kappa shape index (κ1) is 28.8. The molecule has 11 heteroatoms. The molecule has 216 valence electrons. The number of hydrogen-bond acceptors (Lipinski definition) is 8. The van der Waals surface area contributed by atoms with Gasteiger partial charge in [-0.15, -0.1) is 0 Å². The molecule has 0 aliphatic carbocycles. The summed E-state index contributed by atoms with van der Waals surface area (Å²) >= 11 is 0. The topological polar surface area (TPSA) is 108 Å². The van der Waals surface area contributed by atoms with Gasteiger partial charge in [0.05, 0.1) is 44.1 Å². The van der Waals surface area contributed by atoms with E-state index in [1.54, 1.807) is 4.90 Å². The van der Waals surface area contributed by atoms with Crippen molar-refractivity contribution >= 4 is 35.9 Å². The highest BCUT2D eigenvalue weighted by Crippen LogP contribution is 2.39. The summed E-state index contributed by atoms with van der Waals surface area (Å²) in [7, 11) is 0.865. The molecule has 1 aromatic rings. The fourth-order valence-electron chi connectivity index (χ4n) is 5.61. The molecule has 0 unspecified atom stereocenters. The summed E-state index contributed by atoms with van der Waals surface area (Å²) in [6.45, 7) is 13.2. The maximum Gasteiger partial charge on any atom is 0.494 e. The number of allylic oxidation sites excluding steroid dienone is 1. The Labute approximate surface area is 236 Å². The Morgan fingerprint density at radius 1 is 1.07 bits per heavy atom. The molecule has 1 N–H and O–H groups in total. The zero-order valence-electron chi connectivity index (χ0n) is 24.5. The monoisotopic (exact) mass is 553 g/mol. The lowest BCUT2D eigenvalue weighted by Gasteiger charge is -2.32. The van der Waals surface area contributed by atoms with Crippen LogP contribution in [0.5, 0.6) is 0 Å². The molecule has 1 spiro atoms. The van der Waals surface area contributed by atoms with Crippen molar-refractivity contribution in [3.63, 3.8) is 0 Å². The van der Waals surface area contributed by atoms with E-state index in [9.17, 15) is 9.59 Å². The van der Waals surface area contributed by atoms with Crippen LogP contribution in [0.3, 0.4) is 0 Å². The van der Waals surface area contributed by atoms with E-state index in [4.69, 9.17) is 28.5 Å². The van der Waals surface area contributed by atoms with Gasteiger partial charge in [0, 0.05) is 24.8 Å². The lowest BCUT2D eigenvalue weighted by atomic mass is 9.78. The summed E-state index contributed by atoms with van der Waals surface area (Å²) in [5.41, 5.74) is 3.14. The van der Waals surface area contributed by atoms with Crippen LogP contribution in [0.1, 0.15) is 59.9 Å². The Bertz CT molecular complexity index is 1190. The number of nitrogens with zero attached hydrogens (tertiary/aromatic N) is 2. The molecule has 4 aliphatic heterocycles. The van der Waals surface area contributed by atoms with E-state index in [-0.39, 0.29) is 24.4 Å². The molecule has 4 aliphatic rings. The fourth-order valence-corrected chi connectivity index (χ4v) is 5.61. The summed E-state index contributed by atoms with van der Waals surface area (Å²) in [6.07, 6.45) is 2.31. The van der Waals surface area contributed by atoms with Gasteiger partial charge >= 0.3 is 13.2 Å². The van der Waals surface area contributed by atoms with Gasteiger partial charge in [0.25, 0.3) is 0 Å². The summed E-state index contributed by atoms with van der Waals surface area (Å²) in [6, 6.07) is 7.11. The van der Waals surface area contributed by atoms with Gasteiger partial charge in [-0.25, -0.2) is 4.79 Å². The van der Waals surface area contributed by atoms with Gasteiger partial charge in [-0.05, 0) is 50.2 Å². The molecular weight excluding hydrogens is 513 g/mol. The van der Waals surface area contributed by atoms with Crippen LogP contribution in [0.15, 0.2) is 35.5 Å². The van der Waals surface area contributed by atoms with Gasteiger partial charge in [0.2, 0.25) is 5.91 Å². The average molecular weight is 553 g/mol. The lowest BCUT2D eigenvalue weighted by Crippen LogP contribution is -2.54. The molecule has 0 radical (unpaired) electrons. The zero-order valence-corrected chi connectivity index (χ0v) is 24.5. The molecule has 2 atom stereocenters. The molecule has 3 fully saturated rings. The summed E-state index contributed by atoms with van der Waals surface area (Å²) in [5, 5.41) is 2.70. The highest BCUT2D eigenvalue weighted by Gasteiger charge is 2.53. The Morgan fingerprint density at radius 3 is 2.27 bits per heavy atom. The Hall–Kier alpha value is -2.73. The van der Waals surface area contributed by atoms with Gasteiger partial charge in [0.1, 0.15) is 6.04 Å². The smallest absolute Gasteiger partial charge is 0.453 e. The standard InChI is InChI=1S/C29H40BN3O7/c1-18(2)24(32-26(35)36-7)25(34)33-17-29(37-12-13-38-29)15-23(33)22-14-20(16-31-22)19-8-10-21(11-9-19)30-39-27(3,4)28(5,6)40-30/h8-11,16,18,23-24H,12-15,17H2,1-7H3,(H,32,35)/t23-,24-/m0/s1. The van der Waals surface area contributed by atoms with Crippen LogP contribution in [0.25, 0.3) is 5.57 Å². The average Bonchev–Trinajstić information content (AvgIpc) is 3.69. The minimum absolute atomic E-state index is 0.143. The third-order valence-electron chi connectivity index (χ3n) is 8.73. The van der Waals surface area contributed by atoms with Crippen LogP contribution < -0.4 is 10.8 Å². The maximum atomic E-state index is 13.8. The van der Waals surface area contributed by atoms with Crippen molar-refractivity contribution in [1.29, 1.82) is 0 Å². The van der Waals surface area contributed by atoms with E-state index >= 15 is 0 Å². The van der Waals surface area contributed by atoms with Crippen molar-refractivity contribution in [1.82, 2.24) is 10.2 Å². The van der Waals surface area contributed by atoms with Gasteiger partial charge < -0.3 is 33.7 Å². The number of nitrogens with one attached hydrogen (secondary N) is 1. The van der Waals surface area contributed by atoms with E-state index in [1.165, 1.54) is 7.11 Å². The largest absolute Gasteiger partial charge is 0.494 e. The van der Waals surface area contributed by atoms with Crippen molar-refractivity contribution in [2.24, 2.45) is 10.9 Å². The van der Waals surface area contributed by atoms with E-state index in [0.717, 1.165) is 22.3 Å². The number of rotatable bonds is 6. The molecule has 2 amide bonds. The van der Waals surface area contributed by atoms with Gasteiger partial charge in [-0.2, -0.15) is 0 Å². The van der Waals surface area contributed by atoms with E-state index in [2.05, 4.69) is 17.4 Å². The number of likely N-dealkylation sites (tertiary alicyclic amines) is 1. The van der Waals surface area contributed by atoms with E-state index < -0.39 is 36.2 Å². The number of amides is 2. The Kier molecular flexibility index (Phi) is 7.63. The number of alkyl carbamates (subject to hydrolysis) is 1. The summed E-state index contributed by atoms with van der Waals surface area (Å²) in [5.74, 6) is -1.21. The van der Waals surface area contributed by atoms with Crippen molar-refractivity contribution < 1.29 is 33.1 Å². The maximum absolute atomic E-state index is 13.8. The van der Waals surface area contributed by atoms with Crippen molar-refractivity contribution in [3.8, 4) is 0 Å². The fraction of sp³-hybridized carbons (Fsp3) is 0.621. The van der Waals surface area contributed by atoms with Crippen molar-refractivity contribution in [2.75, 3.05) is 26.9 Å². The Balaban J connectivity index is 1.31. The van der Waals surface area contributed by atoms with Crippen molar-refractivity contribution in [3.05, 3.63) is 36.0 Å². The predicted molar refractivity (Wildman–Crippen MR) is 151 cm³/mol. The molecular formula is C29H40BN3O7. The van der Waals surface area contributed by atoms with E-state index in [1.807, 2.05) is 59.9 Å². The molecule has 10 nitrogen and oxygen atoms in total. The minimum Gasteiger partial charge on any atom is -0.453 e. The first-order chi connectivity index (χ1) is 18.8. The molecule has 5 rings (SSSR count). The zero-order chi connectivity index (χ0) is 28.9. The quantitative estimate of drug-likeness (QED) is 0.540. The number of hydrogen-bond donors (Lipinski definition) is 1. The third-order valence-corrected chi connectivity index (χ3v) is 8.73. The number of carbonyl (C=O) groups is 2. The predicted octanol–water partition coefficient (Wildman–Crippen LogP) is 2.90. The molecule has 1 aromatic carbocycles. The molecule has 3 saturated heterocycles. The number of aliphatic imine (C=N–C) groups is 1. The minimum atomic E-state index is -0.858. The van der Waals surface area contributed by atoms with Crippen LogP contribution in [0.2, 0.25) is 0 Å². The summed E-state index contributed by atoms with van der Waals surface area (Å²) in [4.78, 5) is 32.3. The van der Waals surface area contributed by atoms with Crippen LogP contribution >= 0.6 is 0 Å². The number of carbonyl (C=O) groups excluding carboxylic acids is 2. The number of benzene rings is 1. The molecule has 4 heterocycles. The van der Waals surface area contributed by atoms with E-state index in [0.29, 0.717) is 26.1 Å². The molecule has 0 aromatic heterocycles. The normalized spacial score (nSPS) is 25.4. The van der Waals surface area contributed by atoms with Crippen LogP contribution in [-0.4, -0.2) is 85.7 Å². The molecule has 40 heavy (non-hydrogen) atoms.